The van der Waals surface area contributed by atoms with Crippen LogP contribution in [0.25, 0.3) is 21.2 Å². The summed E-state index contributed by atoms with van der Waals surface area (Å²) in [5.41, 5.74) is 4.64. The summed E-state index contributed by atoms with van der Waals surface area (Å²) >= 11 is 1.58. The highest BCUT2D eigenvalue weighted by atomic mass is 32.1. The van der Waals surface area contributed by atoms with Crippen LogP contribution in [-0.4, -0.2) is 137 Å². The van der Waals surface area contributed by atoms with Crippen molar-refractivity contribution in [1.82, 2.24) is 55.7 Å². The minimum atomic E-state index is -0.971. The van der Waals surface area contributed by atoms with Crippen molar-refractivity contribution in [3.05, 3.63) is 76.7 Å². The van der Waals surface area contributed by atoms with Crippen molar-refractivity contribution in [3.63, 3.8) is 0 Å². The molecule has 4 N–H and O–H groups in total. The van der Waals surface area contributed by atoms with Crippen molar-refractivity contribution in [2.24, 2.45) is 5.41 Å². The number of ether oxygens (including phenoxy) is 1. The molecule has 0 radical (unpaired) electrons. The summed E-state index contributed by atoms with van der Waals surface area (Å²) in [6.45, 7) is 13.0. The zero-order valence-corrected chi connectivity index (χ0v) is 40.9. The molecule has 9 heterocycles. The van der Waals surface area contributed by atoms with Gasteiger partial charge in [-0.15, -0.1) is 16.4 Å². The van der Waals surface area contributed by atoms with Crippen molar-refractivity contribution in [1.29, 1.82) is 0 Å². The predicted octanol–water partition coefficient (Wildman–Crippen LogP) is 4.47. The molecule has 2 bridgehead atoms. The fourth-order valence-electron chi connectivity index (χ4n) is 11.4. The number of nitrogens with one attached hydrogen (secondary N) is 3. The van der Waals surface area contributed by atoms with E-state index in [-0.39, 0.29) is 49.2 Å². The lowest BCUT2D eigenvalue weighted by atomic mass is 9.85. The molecule has 366 valence electrons. The van der Waals surface area contributed by atoms with Gasteiger partial charge >= 0.3 is 0 Å². The first kappa shape index (κ1) is 47.1. The molecule has 7 atom stereocenters. The minimum absolute atomic E-state index is 0.0153. The number of hydrogen-bond acceptors (Lipinski definition) is 14. The number of fused-ring (bicyclic) bond motifs is 4. The number of anilines is 1. The highest BCUT2D eigenvalue weighted by molar-refractivity contribution is 7.13. The van der Waals surface area contributed by atoms with E-state index in [0.29, 0.717) is 53.3 Å². The van der Waals surface area contributed by atoms with E-state index in [4.69, 9.17) is 9.72 Å². The monoisotopic (exact) mass is 962 g/mol. The molecule has 0 saturated carbocycles. The Morgan fingerprint density at radius 2 is 1.81 bits per heavy atom. The second-order valence-electron chi connectivity index (χ2n) is 21.0. The van der Waals surface area contributed by atoms with Crippen molar-refractivity contribution in [3.8, 4) is 16.3 Å². The standard InChI is InChI=1S/C50H63FN12O5S/c1-29-43(51)38-19-42(57-46(39(38)21-52-29)60-22-33-11-12-34(23-60)55-33)68-27-50-14-6-16-63(50)36(13-15-50)25-61-24-35(58-59-61)17-41(65)56-45(49(3,4)5)48(67)62-26-37(64)18-40(62)47(66)53-20-31-7-9-32(10-8-31)44-30(2)54-28-69-44/h7-10,19,21,24,28,33-34,36-37,40,45,55,64H,6,11-18,20,22-23,25-27H2,1-5H3,(H,53,66)(H,56,65)/t33?,34?,36?,37-,40+,45-,50+/m0/s1. The molecule has 0 spiro atoms. The van der Waals surface area contributed by atoms with E-state index in [1.807, 2.05) is 57.5 Å². The fraction of sp³-hybridized carbons (Fsp3) is 0.560. The zero-order chi connectivity index (χ0) is 48.2. The van der Waals surface area contributed by atoms with E-state index in [2.05, 4.69) is 46.0 Å². The van der Waals surface area contributed by atoms with Crippen LogP contribution in [0, 0.1) is 25.1 Å². The number of halogens is 1. The van der Waals surface area contributed by atoms with E-state index < -0.39 is 35.4 Å². The lowest BCUT2D eigenvalue weighted by Gasteiger charge is -2.35. The Hall–Kier alpha value is -5.63. The number of likely N-dealkylation sites (tertiary alicyclic amines) is 1. The van der Waals surface area contributed by atoms with Crippen LogP contribution in [-0.2, 0) is 33.9 Å². The van der Waals surface area contributed by atoms with Gasteiger partial charge in [-0.1, -0.05) is 50.3 Å². The summed E-state index contributed by atoms with van der Waals surface area (Å²) in [5.74, 6) is -0.384. The van der Waals surface area contributed by atoms with Crippen LogP contribution in [0.15, 0.2) is 48.2 Å². The van der Waals surface area contributed by atoms with E-state index in [1.165, 1.54) is 4.90 Å². The lowest BCUT2D eigenvalue weighted by Crippen LogP contribution is -2.58. The number of aliphatic hydroxyl groups is 1. The summed E-state index contributed by atoms with van der Waals surface area (Å²) in [4.78, 5) is 62.5. The van der Waals surface area contributed by atoms with Gasteiger partial charge in [-0.2, -0.15) is 4.98 Å². The third-order valence-corrected chi connectivity index (χ3v) is 16.0. The van der Waals surface area contributed by atoms with Gasteiger partial charge in [-0.05, 0) is 75.5 Å². The number of amides is 3. The molecular weight excluding hydrogens is 900 g/mol. The molecule has 5 saturated heterocycles. The molecule has 5 aliphatic rings. The number of aryl methyl sites for hydroxylation is 2. The van der Waals surface area contributed by atoms with Crippen LogP contribution in [0.5, 0.6) is 5.88 Å². The van der Waals surface area contributed by atoms with Crippen molar-refractivity contribution in [2.75, 3.05) is 37.7 Å². The minimum Gasteiger partial charge on any atom is -0.476 e. The highest BCUT2D eigenvalue weighted by Gasteiger charge is 2.50. The summed E-state index contributed by atoms with van der Waals surface area (Å²) < 4.78 is 24.0. The molecule has 5 aliphatic heterocycles. The molecule has 69 heavy (non-hydrogen) atoms. The molecule has 5 aromatic rings. The van der Waals surface area contributed by atoms with Gasteiger partial charge in [0.1, 0.15) is 24.5 Å². The number of nitrogens with zero attached hydrogens (tertiary/aromatic N) is 9. The number of aromatic nitrogens is 6. The summed E-state index contributed by atoms with van der Waals surface area (Å²) in [7, 11) is 0. The van der Waals surface area contributed by atoms with E-state index in [1.54, 1.807) is 41.4 Å². The summed E-state index contributed by atoms with van der Waals surface area (Å²) in [5, 5.41) is 30.2. The molecule has 3 amide bonds. The largest absolute Gasteiger partial charge is 0.476 e. The van der Waals surface area contributed by atoms with Crippen LogP contribution in [0.3, 0.4) is 0 Å². The number of carbonyl (C=O) groups is 3. The fourth-order valence-corrected chi connectivity index (χ4v) is 12.2. The zero-order valence-electron chi connectivity index (χ0n) is 40.1. The van der Waals surface area contributed by atoms with Crippen LogP contribution in [0.2, 0.25) is 0 Å². The third-order valence-electron chi connectivity index (χ3n) is 15.0. The maximum absolute atomic E-state index is 15.7. The van der Waals surface area contributed by atoms with Gasteiger partial charge in [0.05, 0.1) is 52.1 Å². The number of hydrogen-bond donors (Lipinski definition) is 4. The average Bonchev–Trinajstić information content (AvgIpc) is 4.20. The Bertz CT molecular complexity index is 2710. The highest BCUT2D eigenvalue weighted by Crippen LogP contribution is 2.44. The number of pyridine rings is 2. The maximum Gasteiger partial charge on any atom is 0.246 e. The van der Waals surface area contributed by atoms with Crippen LogP contribution in [0.1, 0.15) is 88.4 Å². The number of benzene rings is 1. The quantitative estimate of drug-likeness (QED) is 0.122. The molecule has 10 rings (SSSR count). The first-order valence-electron chi connectivity index (χ1n) is 24.4. The second kappa shape index (κ2) is 18.9. The Kier molecular flexibility index (Phi) is 12.9. The number of rotatable bonds is 14. The van der Waals surface area contributed by atoms with Crippen molar-refractivity contribution < 1.29 is 28.6 Å². The van der Waals surface area contributed by atoms with Gasteiger partial charge in [-0.25, -0.2) is 9.37 Å². The molecule has 4 aromatic heterocycles. The Balaban J connectivity index is 0.751. The first-order chi connectivity index (χ1) is 33.1. The molecule has 0 aliphatic carbocycles. The summed E-state index contributed by atoms with van der Waals surface area (Å²) in [6, 6.07) is 8.72. The number of thiazole rings is 1. The topological polar surface area (TPSA) is 196 Å². The lowest BCUT2D eigenvalue weighted by molar-refractivity contribution is -0.144. The number of β-amino-alcohol motifs (C(OH)–C–C–N with tert-alkyl or cyclic N) is 1. The van der Waals surface area contributed by atoms with Crippen molar-refractivity contribution >= 4 is 45.6 Å². The van der Waals surface area contributed by atoms with Gasteiger partial charge in [0.25, 0.3) is 0 Å². The van der Waals surface area contributed by atoms with Crippen LogP contribution in [0.4, 0.5) is 10.2 Å². The maximum atomic E-state index is 15.7. The Labute approximate surface area is 405 Å². The molecule has 19 heteroatoms. The van der Waals surface area contributed by atoms with E-state index in [9.17, 15) is 19.5 Å². The third kappa shape index (κ3) is 9.66. The average molecular weight is 963 g/mol. The van der Waals surface area contributed by atoms with Crippen LogP contribution < -0.4 is 25.6 Å². The molecule has 3 unspecified atom stereocenters. The van der Waals surface area contributed by atoms with Gasteiger partial charge in [0, 0.05) is 80.0 Å². The van der Waals surface area contributed by atoms with E-state index in [0.717, 1.165) is 85.7 Å². The Morgan fingerprint density at radius 1 is 1.03 bits per heavy atom. The van der Waals surface area contributed by atoms with Crippen molar-refractivity contribution in [2.45, 2.75) is 141 Å². The molecule has 17 nitrogen and oxygen atoms in total. The first-order valence-corrected chi connectivity index (χ1v) is 25.3. The predicted molar refractivity (Wildman–Crippen MR) is 259 cm³/mol. The van der Waals surface area contributed by atoms with Gasteiger partial charge in [0.15, 0.2) is 5.82 Å². The normalized spacial score (nSPS) is 25.1. The number of piperazine rings is 1. The smallest absolute Gasteiger partial charge is 0.246 e. The SMILES string of the molecule is Cc1ncsc1-c1ccc(CNC(=O)[C@H]2C[C@H](O)CN2C(=O)[C@H](NC(=O)Cc2cn(CC3CC[C@@]4(COc5cc6c(F)c(C)ncc6c(N6CC7CCC(C6)N7)n5)CCCN34)nn2)C(C)(C)C)cc1. The molecular formula is C50H63FN12O5S. The van der Waals surface area contributed by atoms with Gasteiger partial charge < -0.3 is 35.6 Å². The Morgan fingerprint density at radius 3 is 2.55 bits per heavy atom. The van der Waals surface area contributed by atoms with Gasteiger partial charge in [-0.3, -0.25) is 28.9 Å². The molecule has 5 fully saturated rings. The summed E-state index contributed by atoms with van der Waals surface area (Å²) in [6.07, 6.45) is 8.77. The van der Waals surface area contributed by atoms with E-state index >= 15 is 4.39 Å². The number of aliphatic hydroxyl groups excluding tert-OH is 1. The van der Waals surface area contributed by atoms with Gasteiger partial charge in [0.2, 0.25) is 23.6 Å². The van der Waals surface area contributed by atoms with Crippen LogP contribution >= 0.6 is 11.3 Å². The molecule has 1 aromatic carbocycles. The number of carbonyl (C=O) groups excluding carboxylic acids is 3. The second-order valence-corrected chi connectivity index (χ2v) is 21.9.